The van der Waals surface area contributed by atoms with Crippen molar-refractivity contribution in [3.8, 4) is 5.75 Å². The Hall–Kier alpha value is -0.640. The molecule has 2 aromatic rings. The molecule has 1 N–H and O–H groups in total. The summed E-state index contributed by atoms with van der Waals surface area (Å²) in [7, 11) is 1.66. The van der Waals surface area contributed by atoms with Crippen molar-refractivity contribution in [2.24, 2.45) is 0 Å². The maximum absolute atomic E-state index is 6.03. The summed E-state index contributed by atoms with van der Waals surface area (Å²) in [6, 6.07) is 6.07. The van der Waals surface area contributed by atoms with Crippen molar-refractivity contribution < 1.29 is 4.74 Å². The van der Waals surface area contributed by atoms with Crippen LogP contribution in [0, 0.1) is 6.92 Å². The van der Waals surface area contributed by atoms with Crippen LogP contribution in [0.2, 0.25) is 10.2 Å². The van der Waals surface area contributed by atoms with E-state index in [4.69, 9.17) is 27.9 Å². The third kappa shape index (κ3) is 2.68. The molecule has 0 unspecified atom stereocenters. The summed E-state index contributed by atoms with van der Waals surface area (Å²) < 4.78 is 6.16. The molecule has 1 aromatic carbocycles. The second kappa shape index (κ2) is 5.55. The summed E-state index contributed by atoms with van der Waals surface area (Å²) in [5.41, 5.74) is 3.22. The highest BCUT2D eigenvalue weighted by Crippen LogP contribution is 2.35. The molecule has 0 aliphatic heterocycles. The number of H-pyrrole nitrogens is 1. The molecule has 0 fully saturated rings. The maximum Gasteiger partial charge on any atom is 0.126 e. The van der Waals surface area contributed by atoms with E-state index in [-0.39, 0.29) is 0 Å². The van der Waals surface area contributed by atoms with Crippen LogP contribution in [-0.2, 0) is 6.42 Å². The van der Waals surface area contributed by atoms with Crippen molar-refractivity contribution in [1.82, 2.24) is 4.98 Å². The molecule has 0 radical (unpaired) electrons. The van der Waals surface area contributed by atoms with Gasteiger partial charge in [-0.25, -0.2) is 0 Å². The van der Waals surface area contributed by atoms with E-state index in [1.807, 2.05) is 19.1 Å². The second-order valence-corrected chi connectivity index (χ2v) is 5.59. The third-order valence-electron chi connectivity index (χ3n) is 2.71. The summed E-state index contributed by atoms with van der Waals surface area (Å²) in [6.07, 6.45) is 0.678. The molecule has 0 saturated carbocycles. The number of rotatable bonds is 3. The van der Waals surface area contributed by atoms with Gasteiger partial charge in [0.2, 0.25) is 0 Å². The summed E-state index contributed by atoms with van der Waals surface area (Å²) in [5, 5.41) is 0.962. The average Bonchev–Trinajstić information content (AvgIpc) is 2.57. The van der Waals surface area contributed by atoms with Gasteiger partial charge in [0.15, 0.2) is 0 Å². The van der Waals surface area contributed by atoms with Crippen molar-refractivity contribution in [2.45, 2.75) is 13.3 Å². The van der Waals surface area contributed by atoms with Crippen molar-refractivity contribution in [3.05, 3.63) is 49.7 Å². The van der Waals surface area contributed by atoms with Gasteiger partial charge in [0.05, 0.1) is 16.6 Å². The zero-order valence-corrected chi connectivity index (χ0v) is 13.1. The molecule has 0 aliphatic carbocycles. The lowest BCUT2D eigenvalue weighted by atomic mass is 10.1. The number of nitrogens with one attached hydrogen (secondary N) is 1. The number of hydrogen-bond acceptors (Lipinski definition) is 1. The topological polar surface area (TPSA) is 25.0 Å². The van der Waals surface area contributed by atoms with Crippen LogP contribution in [0.25, 0.3) is 0 Å². The fourth-order valence-electron chi connectivity index (χ4n) is 1.83. The Bertz CT molecular complexity index is 581. The summed E-state index contributed by atoms with van der Waals surface area (Å²) in [5.74, 6) is 0.856. The van der Waals surface area contributed by atoms with Gasteiger partial charge in [-0.3, -0.25) is 0 Å². The SMILES string of the molecule is COc1ccc(C)cc1Cc1[nH]c(Cl)c(Cl)c1Br. The molecule has 5 heteroatoms. The summed E-state index contributed by atoms with van der Waals surface area (Å²) in [6.45, 7) is 2.05. The second-order valence-electron chi connectivity index (χ2n) is 4.04. The molecular weight excluding hydrogens is 337 g/mol. The van der Waals surface area contributed by atoms with E-state index in [0.29, 0.717) is 16.6 Å². The highest BCUT2D eigenvalue weighted by atomic mass is 79.9. The zero-order valence-electron chi connectivity index (χ0n) is 9.98. The monoisotopic (exact) mass is 347 g/mol. The van der Waals surface area contributed by atoms with Crippen LogP contribution < -0.4 is 4.74 Å². The molecule has 18 heavy (non-hydrogen) atoms. The van der Waals surface area contributed by atoms with Crippen molar-refractivity contribution in [1.29, 1.82) is 0 Å². The molecular formula is C13H12BrCl2NO. The lowest BCUT2D eigenvalue weighted by Gasteiger charge is -2.09. The molecule has 0 spiro atoms. The van der Waals surface area contributed by atoms with Crippen LogP contribution in [-0.4, -0.2) is 12.1 Å². The maximum atomic E-state index is 6.03. The van der Waals surface area contributed by atoms with Crippen LogP contribution >= 0.6 is 39.1 Å². The van der Waals surface area contributed by atoms with Gasteiger partial charge in [0.25, 0.3) is 0 Å². The normalized spacial score (nSPS) is 10.7. The Morgan fingerprint density at radius 1 is 1.33 bits per heavy atom. The predicted molar refractivity (Wildman–Crippen MR) is 79.0 cm³/mol. The summed E-state index contributed by atoms with van der Waals surface area (Å²) >= 11 is 15.4. The first-order valence-corrected chi connectivity index (χ1v) is 6.92. The first kappa shape index (κ1) is 13.8. The van der Waals surface area contributed by atoms with E-state index < -0.39 is 0 Å². The predicted octanol–water partition coefficient (Wildman–Crippen LogP) is 4.99. The fraction of sp³-hybridized carbons (Fsp3) is 0.231. The number of aromatic nitrogens is 1. The first-order chi connectivity index (χ1) is 8.52. The Kier molecular flexibility index (Phi) is 4.25. The number of ether oxygens (including phenoxy) is 1. The van der Waals surface area contributed by atoms with Gasteiger partial charge in [-0.15, -0.1) is 0 Å². The van der Waals surface area contributed by atoms with Gasteiger partial charge in [-0.1, -0.05) is 40.9 Å². The van der Waals surface area contributed by atoms with E-state index in [1.165, 1.54) is 5.56 Å². The van der Waals surface area contributed by atoms with Gasteiger partial charge in [0, 0.05) is 17.7 Å². The number of aryl methyl sites for hydroxylation is 1. The molecule has 1 aromatic heterocycles. The van der Waals surface area contributed by atoms with Crippen molar-refractivity contribution in [3.63, 3.8) is 0 Å². The smallest absolute Gasteiger partial charge is 0.126 e. The molecule has 0 bridgehead atoms. The Morgan fingerprint density at radius 2 is 2.06 bits per heavy atom. The number of halogens is 3. The number of methoxy groups -OCH3 is 1. The third-order valence-corrected chi connectivity index (χ3v) is 4.58. The van der Waals surface area contributed by atoms with Gasteiger partial charge >= 0.3 is 0 Å². The molecule has 1 heterocycles. The molecule has 96 valence electrons. The van der Waals surface area contributed by atoms with Crippen LogP contribution in [0.1, 0.15) is 16.8 Å². The van der Waals surface area contributed by atoms with Crippen molar-refractivity contribution in [2.75, 3.05) is 7.11 Å². The van der Waals surface area contributed by atoms with Gasteiger partial charge in [-0.05, 0) is 28.9 Å². The highest BCUT2D eigenvalue weighted by molar-refractivity contribution is 9.10. The number of aromatic amines is 1. The molecule has 0 saturated heterocycles. The van der Waals surface area contributed by atoms with E-state index in [9.17, 15) is 0 Å². The Morgan fingerprint density at radius 3 is 2.61 bits per heavy atom. The average molecular weight is 349 g/mol. The minimum absolute atomic E-state index is 0.449. The summed E-state index contributed by atoms with van der Waals surface area (Å²) in [4.78, 5) is 3.06. The standard InChI is InChI=1S/C13H12BrCl2NO/c1-7-3-4-10(18-2)8(5-7)6-9-11(14)12(15)13(16)17-9/h3-5,17H,6H2,1-2H3. The quantitative estimate of drug-likeness (QED) is 0.830. The highest BCUT2D eigenvalue weighted by Gasteiger charge is 2.14. The molecule has 2 nitrogen and oxygen atoms in total. The lowest BCUT2D eigenvalue weighted by Crippen LogP contribution is -1.95. The van der Waals surface area contributed by atoms with E-state index in [2.05, 4.69) is 27.0 Å². The Labute approximate surface area is 124 Å². The van der Waals surface area contributed by atoms with Crippen molar-refractivity contribution >= 4 is 39.1 Å². The van der Waals surface area contributed by atoms with Crippen LogP contribution in [0.3, 0.4) is 0 Å². The van der Waals surface area contributed by atoms with Crippen LogP contribution in [0.5, 0.6) is 5.75 Å². The van der Waals surface area contributed by atoms with Gasteiger partial charge in [0.1, 0.15) is 10.9 Å². The van der Waals surface area contributed by atoms with Crippen LogP contribution in [0.4, 0.5) is 0 Å². The Balaban J connectivity index is 2.39. The molecule has 0 atom stereocenters. The minimum atomic E-state index is 0.449. The number of hydrogen-bond donors (Lipinski definition) is 1. The van der Waals surface area contributed by atoms with Gasteiger partial charge < -0.3 is 9.72 Å². The fourth-order valence-corrected chi connectivity index (χ4v) is 2.75. The molecule has 0 amide bonds. The largest absolute Gasteiger partial charge is 0.496 e. The molecule has 0 aliphatic rings. The first-order valence-electron chi connectivity index (χ1n) is 5.37. The number of benzene rings is 1. The molecule has 2 rings (SSSR count). The van der Waals surface area contributed by atoms with E-state index in [1.54, 1.807) is 7.11 Å². The zero-order chi connectivity index (χ0) is 13.3. The van der Waals surface area contributed by atoms with Gasteiger partial charge in [-0.2, -0.15) is 0 Å². The van der Waals surface area contributed by atoms with E-state index in [0.717, 1.165) is 21.5 Å². The van der Waals surface area contributed by atoms with Crippen LogP contribution in [0.15, 0.2) is 22.7 Å². The van der Waals surface area contributed by atoms with E-state index >= 15 is 0 Å². The lowest BCUT2D eigenvalue weighted by molar-refractivity contribution is 0.410. The minimum Gasteiger partial charge on any atom is -0.496 e.